The molecule has 1 heterocycles. The highest BCUT2D eigenvalue weighted by molar-refractivity contribution is 5.85. The van der Waals surface area contributed by atoms with Crippen molar-refractivity contribution in [2.75, 3.05) is 0 Å². The van der Waals surface area contributed by atoms with Crippen molar-refractivity contribution >= 4 is 18.4 Å². The molecule has 1 aliphatic rings. The van der Waals surface area contributed by atoms with Crippen LogP contribution in [0.1, 0.15) is 43.6 Å². The van der Waals surface area contributed by atoms with Crippen molar-refractivity contribution < 1.29 is 9.90 Å². The second-order valence-electron chi connectivity index (χ2n) is 4.49. The first kappa shape index (κ1) is 14.0. The lowest BCUT2D eigenvalue weighted by molar-refractivity contribution is -0.140. The summed E-state index contributed by atoms with van der Waals surface area (Å²) in [5.74, 6) is -0.741. The van der Waals surface area contributed by atoms with Crippen LogP contribution in [0, 0.1) is 5.92 Å². The van der Waals surface area contributed by atoms with Crippen molar-refractivity contribution in [3.05, 3.63) is 30.1 Å². The van der Waals surface area contributed by atoms with E-state index in [-0.39, 0.29) is 18.3 Å². The largest absolute Gasteiger partial charge is 0.481 e. The van der Waals surface area contributed by atoms with E-state index in [2.05, 4.69) is 4.98 Å². The van der Waals surface area contributed by atoms with Crippen LogP contribution in [0.2, 0.25) is 0 Å². The molecule has 0 aliphatic heterocycles. The number of carbonyl (C=O) groups is 1. The number of rotatable bonds is 3. The Labute approximate surface area is 108 Å². The summed E-state index contributed by atoms with van der Waals surface area (Å²) < 4.78 is 0. The highest BCUT2D eigenvalue weighted by Crippen LogP contribution is 2.35. The summed E-state index contributed by atoms with van der Waals surface area (Å²) in [5, 5.41) is 9.36. The highest BCUT2D eigenvalue weighted by Gasteiger charge is 2.30. The number of halogens is 1. The smallest absolute Gasteiger partial charge is 0.311 e. The lowest BCUT2D eigenvalue weighted by Gasteiger charge is -2.27. The van der Waals surface area contributed by atoms with E-state index in [9.17, 15) is 9.90 Å². The van der Waals surface area contributed by atoms with Gasteiger partial charge < -0.3 is 5.11 Å². The van der Waals surface area contributed by atoms with Gasteiger partial charge in [-0.15, -0.1) is 12.4 Å². The van der Waals surface area contributed by atoms with E-state index in [1.54, 1.807) is 12.4 Å². The molecule has 17 heavy (non-hydrogen) atoms. The Morgan fingerprint density at radius 3 is 2.35 bits per heavy atom. The third-order valence-electron chi connectivity index (χ3n) is 3.45. The van der Waals surface area contributed by atoms with Crippen molar-refractivity contribution in [1.29, 1.82) is 0 Å². The van der Waals surface area contributed by atoms with E-state index < -0.39 is 5.97 Å². The summed E-state index contributed by atoms with van der Waals surface area (Å²) in [6.07, 6.45) is 9.01. The van der Waals surface area contributed by atoms with Crippen LogP contribution in [0.15, 0.2) is 24.5 Å². The first-order valence-corrected chi connectivity index (χ1v) is 5.92. The maximum atomic E-state index is 11.4. The second kappa shape index (κ2) is 6.60. The number of aliphatic carboxylic acids is 1. The van der Waals surface area contributed by atoms with Crippen LogP contribution >= 0.6 is 12.4 Å². The number of carboxylic acids is 1. The number of pyridine rings is 1. The topological polar surface area (TPSA) is 50.2 Å². The van der Waals surface area contributed by atoms with E-state index in [0.29, 0.717) is 5.92 Å². The maximum Gasteiger partial charge on any atom is 0.311 e. The normalized spacial score (nSPS) is 18.1. The van der Waals surface area contributed by atoms with Gasteiger partial charge in [0.05, 0.1) is 5.92 Å². The molecule has 1 aliphatic carbocycles. The molecule has 0 amide bonds. The monoisotopic (exact) mass is 255 g/mol. The van der Waals surface area contributed by atoms with Crippen LogP contribution in [0.3, 0.4) is 0 Å². The van der Waals surface area contributed by atoms with Gasteiger partial charge in [-0.3, -0.25) is 9.78 Å². The third-order valence-corrected chi connectivity index (χ3v) is 3.45. The van der Waals surface area contributed by atoms with Gasteiger partial charge in [-0.25, -0.2) is 0 Å². The van der Waals surface area contributed by atoms with Gasteiger partial charge in [-0.05, 0) is 36.5 Å². The van der Waals surface area contributed by atoms with E-state index in [1.165, 1.54) is 19.3 Å². The number of hydrogen-bond acceptors (Lipinski definition) is 2. The summed E-state index contributed by atoms with van der Waals surface area (Å²) in [5.41, 5.74) is 0.898. The molecule has 0 radical (unpaired) electrons. The molecule has 0 aromatic carbocycles. The maximum absolute atomic E-state index is 11.4. The SMILES string of the molecule is Cl.O=C(O)C(c1ccncc1)C1CCCCC1. The summed E-state index contributed by atoms with van der Waals surface area (Å²) in [6.45, 7) is 0. The summed E-state index contributed by atoms with van der Waals surface area (Å²) in [4.78, 5) is 15.3. The van der Waals surface area contributed by atoms with Gasteiger partial charge in [0, 0.05) is 12.4 Å². The molecule has 0 spiro atoms. The number of nitrogens with zero attached hydrogens (tertiary/aromatic N) is 1. The molecule has 1 N–H and O–H groups in total. The highest BCUT2D eigenvalue weighted by atomic mass is 35.5. The lowest BCUT2D eigenvalue weighted by atomic mass is 9.77. The van der Waals surface area contributed by atoms with Crippen LogP contribution in [-0.4, -0.2) is 16.1 Å². The average molecular weight is 256 g/mol. The minimum absolute atomic E-state index is 0. The predicted molar refractivity (Wildman–Crippen MR) is 68.4 cm³/mol. The summed E-state index contributed by atoms with van der Waals surface area (Å²) >= 11 is 0. The Hall–Kier alpha value is -1.09. The minimum Gasteiger partial charge on any atom is -0.481 e. The fourth-order valence-corrected chi connectivity index (χ4v) is 2.65. The van der Waals surface area contributed by atoms with Gasteiger partial charge in [0.1, 0.15) is 0 Å². The van der Waals surface area contributed by atoms with E-state index in [4.69, 9.17) is 0 Å². The van der Waals surface area contributed by atoms with Gasteiger partial charge >= 0.3 is 5.97 Å². The summed E-state index contributed by atoms with van der Waals surface area (Å²) in [6, 6.07) is 3.65. The molecule has 4 heteroatoms. The molecule has 94 valence electrons. The van der Waals surface area contributed by atoms with Crippen LogP contribution in [0.5, 0.6) is 0 Å². The first-order valence-electron chi connectivity index (χ1n) is 5.92. The van der Waals surface area contributed by atoms with Crippen molar-refractivity contribution in [2.24, 2.45) is 5.92 Å². The molecule has 1 atom stereocenters. The van der Waals surface area contributed by atoms with Crippen molar-refractivity contribution in [3.63, 3.8) is 0 Å². The van der Waals surface area contributed by atoms with Crippen LogP contribution in [-0.2, 0) is 4.79 Å². The van der Waals surface area contributed by atoms with E-state index in [1.807, 2.05) is 12.1 Å². The number of aromatic nitrogens is 1. The molecular weight excluding hydrogens is 238 g/mol. The lowest BCUT2D eigenvalue weighted by Crippen LogP contribution is -2.23. The molecular formula is C13H18ClNO2. The molecule has 1 saturated carbocycles. The van der Waals surface area contributed by atoms with Gasteiger partial charge in [0.2, 0.25) is 0 Å². The van der Waals surface area contributed by atoms with Crippen molar-refractivity contribution in [2.45, 2.75) is 38.0 Å². The first-order chi connectivity index (χ1) is 7.79. The van der Waals surface area contributed by atoms with Crippen LogP contribution in [0.25, 0.3) is 0 Å². The molecule has 2 rings (SSSR count). The molecule has 0 bridgehead atoms. The van der Waals surface area contributed by atoms with Gasteiger partial charge in [-0.2, -0.15) is 0 Å². The molecule has 1 unspecified atom stereocenters. The van der Waals surface area contributed by atoms with E-state index in [0.717, 1.165) is 18.4 Å². The second-order valence-corrected chi connectivity index (χ2v) is 4.49. The zero-order valence-electron chi connectivity index (χ0n) is 9.71. The average Bonchev–Trinajstić information content (AvgIpc) is 2.31. The quantitative estimate of drug-likeness (QED) is 0.902. The fourth-order valence-electron chi connectivity index (χ4n) is 2.65. The fraction of sp³-hybridized carbons (Fsp3) is 0.538. The molecule has 3 nitrogen and oxygen atoms in total. The van der Waals surface area contributed by atoms with Crippen molar-refractivity contribution in [1.82, 2.24) is 4.98 Å². The zero-order valence-corrected chi connectivity index (χ0v) is 10.5. The van der Waals surface area contributed by atoms with E-state index >= 15 is 0 Å². The molecule has 1 fully saturated rings. The van der Waals surface area contributed by atoms with Gasteiger partial charge in [0.15, 0.2) is 0 Å². The Balaban J connectivity index is 0.00000144. The standard InChI is InChI=1S/C13H17NO2.ClH/c15-13(16)12(10-4-2-1-3-5-10)11-6-8-14-9-7-11;/h6-10,12H,1-5H2,(H,15,16);1H. The zero-order chi connectivity index (χ0) is 11.4. The van der Waals surface area contributed by atoms with Gasteiger partial charge in [0.25, 0.3) is 0 Å². The van der Waals surface area contributed by atoms with Crippen molar-refractivity contribution in [3.8, 4) is 0 Å². The van der Waals surface area contributed by atoms with Gasteiger partial charge in [-0.1, -0.05) is 19.3 Å². The van der Waals surface area contributed by atoms with Crippen LogP contribution in [0.4, 0.5) is 0 Å². The Morgan fingerprint density at radius 2 is 1.82 bits per heavy atom. The Morgan fingerprint density at radius 1 is 1.24 bits per heavy atom. The number of carboxylic acid groups (broad SMARTS) is 1. The number of hydrogen-bond donors (Lipinski definition) is 1. The third kappa shape index (κ3) is 3.43. The Bertz CT molecular complexity index is 350. The molecule has 1 aromatic heterocycles. The molecule has 0 saturated heterocycles. The van der Waals surface area contributed by atoms with Crippen LogP contribution < -0.4 is 0 Å². The molecule has 1 aromatic rings. The predicted octanol–water partition coefficient (Wildman–Crippen LogP) is 3.25. The minimum atomic E-state index is -0.696. The Kier molecular flexibility index (Phi) is 5.42. The summed E-state index contributed by atoms with van der Waals surface area (Å²) in [7, 11) is 0.